The highest BCUT2D eigenvalue weighted by Crippen LogP contribution is 2.29. The Morgan fingerprint density at radius 3 is 2.65 bits per heavy atom. The van der Waals surface area contributed by atoms with Gasteiger partial charge in [-0.3, -0.25) is 9.58 Å². The molecule has 0 radical (unpaired) electrons. The number of aromatic nitrogens is 5. The Kier molecular flexibility index (Phi) is 4.05. The molecule has 1 saturated carbocycles. The van der Waals surface area contributed by atoms with E-state index in [0.29, 0.717) is 6.04 Å². The fourth-order valence-electron chi connectivity index (χ4n) is 4.21. The largest absolute Gasteiger partial charge is 0.309 e. The summed E-state index contributed by atoms with van der Waals surface area (Å²) < 4.78 is 4.44. The van der Waals surface area contributed by atoms with E-state index in [1.165, 1.54) is 25.7 Å². The first kappa shape index (κ1) is 15.8. The summed E-state index contributed by atoms with van der Waals surface area (Å²) in [6.07, 6.45) is 7.38. The normalized spacial score (nSPS) is 18.3. The SMILES string of the molecule is c1ccc(-c2nnc3n2CCN(Cc2ccn(C4CCCC4)n2)C3)cc1. The average Bonchev–Trinajstić information content (AvgIpc) is 3.42. The van der Waals surface area contributed by atoms with Gasteiger partial charge in [-0.1, -0.05) is 43.2 Å². The van der Waals surface area contributed by atoms with Gasteiger partial charge < -0.3 is 4.57 Å². The molecule has 0 spiro atoms. The van der Waals surface area contributed by atoms with Gasteiger partial charge in [0.2, 0.25) is 0 Å². The smallest absolute Gasteiger partial charge is 0.164 e. The zero-order valence-corrected chi connectivity index (χ0v) is 15.0. The van der Waals surface area contributed by atoms with Crippen LogP contribution in [0, 0.1) is 0 Å². The lowest BCUT2D eigenvalue weighted by Crippen LogP contribution is -2.33. The predicted octanol–water partition coefficient (Wildman–Crippen LogP) is 3.27. The van der Waals surface area contributed by atoms with Gasteiger partial charge in [-0.2, -0.15) is 5.10 Å². The molecule has 0 bridgehead atoms. The van der Waals surface area contributed by atoms with Gasteiger partial charge in [-0.05, 0) is 18.9 Å². The quantitative estimate of drug-likeness (QED) is 0.726. The van der Waals surface area contributed by atoms with Gasteiger partial charge in [0.1, 0.15) is 5.82 Å². The summed E-state index contributed by atoms with van der Waals surface area (Å²) in [5, 5.41) is 13.7. The van der Waals surface area contributed by atoms with Crippen molar-refractivity contribution in [2.24, 2.45) is 0 Å². The van der Waals surface area contributed by atoms with Gasteiger partial charge in [0.25, 0.3) is 0 Å². The Morgan fingerprint density at radius 1 is 0.962 bits per heavy atom. The lowest BCUT2D eigenvalue weighted by atomic mass is 10.2. The van der Waals surface area contributed by atoms with Crippen molar-refractivity contribution in [1.29, 1.82) is 0 Å². The Bertz CT molecular complexity index is 875. The van der Waals surface area contributed by atoms with Crippen molar-refractivity contribution >= 4 is 0 Å². The minimum Gasteiger partial charge on any atom is -0.309 e. The summed E-state index contributed by atoms with van der Waals surface area (Å²) >= 11 is 0. The second kappa shape index (κ2) is 6.68. The van der Waals surface area contributed by atoms with E-state index < -0.39 is 0 Å². The Labute approximate surface area is 153 Å². The fraction of sp³-hybridized carbons (Fsp3) is 0.450. The van der Waals surface area contributed by atoms with E-state index in [1.807, 2.05) is 18.2 Å². The van der Waals surface area contributed by atoms with E-state index in [-0.39, 0.29) is 0 Å². The van der Waals surface area contributed by atoms with Gasteiger partial charge in [0.05, 0.1) is 18.3 Å². The van der Waals surface area contributed by atoms with Crippen molar-refractivity contribution < 1.29 is 0 Å². The van der Waals surface area contributed by atoms with Gasteiger partial charge in [-0.25, -0.2) is 0 Å². The molecule has 0 unspecified atom stereocenters. The maximum absolute atomic E-state index is 4.83. The first-order valence-corrected chi connectivity index (χ1v) is 9.61. The molecule has 1 fully saturated rings. The minimum absolute atomic E-state index is 0.613. The zero-order chi connectivity index (χ0) is 17.3. The molecular formula is C20H24N6. The van der Waals surface area contributed by atoms with E-state index in [1.54, 1.807) is 0 Å². The molecule has 2 aromatic heterocycles. The molecule has 2 aliphatic rings. The standard InChI is InChI=1S/C20H24N6/c1-2-6-16(7-3-1)20-22-21-19-15-24(12-13-25(19)20)14-17-10-11-26(23-17)18-8-4-5-9-18/h1-3,6-7,10-11,18H,4-5,8-9,12-15H2. The minimum atomic E-state index is 0.613. The number of nitrogens with zero attached hydrogens (tertiary/aromatic N) is 6. The molecule has 3 heterocycles. The van der Waals surface area contributed by atoms with Crippen LogP contribution in [0.2, 0.25) is 0 Å². The van der Waals surface area contributed by atoms with Gasteiger partial charge in [0.15, 0.2) is 5.82 Å². The van der Waals surface area contributed by atoms with Crippen molar-refractivity contribution in [3.05, 3.63) is 54.1 Å². The first-order chi connectivity index (χ1) is 12.9. The van der Waals surface area contributed by atoms with Crippen molar-refractivity contribution in [3.63, 3.8) is 0 Å². The molecule has 3 aromatic rings. The van der Waals surface area contributed by atoms with Crippen molar-refractivity contribution in [1.82, 2.24) is 29.4 Å². The highest BCUT2D eigenvalue weighted by atomic mass is 15.3. The van der Waals surface area contributed by atoms with E-state index in [0.717, 1.165) is 49.1 Å². The van der Waals surface area contributed by atoms with E-state index in [4.69, 9.17) is 5.10 Å². The predicted molar refractivity (Wildman–Crippen MR) is 99.3 cm³/mol. The third kappa shape index (κ3) is 2.94. The van der Waals surface area contributed by atoms with Crippen LogP contribution in [0.25, 0.3) is 11.4 Å². The molecule has 5 rings (SSSR count). The topological polar surface area (TPSA) is 51.8 Å². The van der Waals surface area contributed by atoms with Crippen LogP contribution < -0.4 is 0 Å². The van der Waals surface area contributed by atoms with Crippen molar-refractivity contribution in [3.8, 4) is 11.4 Å². The zero-order valence-electron chi connectivity index (χ0n) is 15.0. The lowest BCUT2D eigenvalue weighted by molar-refractivity contribution is 0.206. The maximum atomic E-state index is 4.83. The number of hydrogen-bond acceptors (Lipinski definition) is 4. The molecule has 6 nitrogen and oxygen atoms in total. The molecule has 26 heavy (non-hydrogen) atoms. The maximum Gasteiger partial charge on any atom is 0.164 e. The van der Waals surface area contributed by atoms with Gasteiger partial charge in [0, 0.05) is 31.4 Å². The van der Waals surface area contributed by atoms with Crippen LogP contribution in [0.5, 0.6) is 0 Å². The Balaban J connectivity index is 1.29. The molecule has 1 aliphatic carbocycles. The van der Waals surface area contributed by atoms with Crippen molar-refractivity contribution in [2.45, 2.75) is 51.4 Å². The summed E-state index contributed by atoms with van der Waals surface area (Å²) in [6.45, 7) is 3.64. The summed E-state index contributed by atoms with van der Waals surface area (Å²) in [4.78, 5) is 2.42. The van der Waals surface area contributed by atoms with Gasteiger partial charge >= 0.3 is 0 Å². The van der Waals surface area contributed by atoms with E-state index in [2.05, 4.69) is 48.7 Å². The number of hydrogen-bond donors (Lipinski definition) is 0. The summed E-state index contributed by atoms with van der Waals surface area (Å²) in [7, 11) is 0. The highest BCUT2D eigenvalue weighted by Gasteiger charge is 2.23. The molecule has 1 aliphatic heterocycles. The Morgan fingerprint density at radius 2 is 1.81 bits per heavy atom. The number of rotatable bonds is 4. The van der Waals surface area contributed by atoms with Crippen LogP contribution in [0.4, 0.5) is 0 Å². The highest BCUT2D eigenvalue weighted by molar-refractivity contribution is 5.55. The molecule has 0 atom stereocenters. The third-order valence-electron chi connectivity index (χ3n) is 5.61. The van der Waals surface area contributed by atoms with Gasteiger partial charge in [-0.15, -0.1) is 10.2 Å². The second-order valence-corrected chi connectivity index (χ2v) is 7.39. The first-order valence-electron chi connectivity index (χ1n) is 9.61. The summed E-state index contributed by atoms with van der Waals surface area (Å²) in [5.74, 6) is 2.02. The van der Waals surface area contributed by atoms with E-state index >= 15 is 0 Å². The molecule has 134 valence electrons. The lowest BCUT2D eigenvalue weighted by Gasteiger charge is -2.27. The third-order valence-corrected chi connectivity index (χ3v) is 5.61. The molecule has 0 N–H and O–H groups in total. The number of benzene rings is 1. The number of fused-ring (bicyclic) bond motifs is 1. The van der Waals surface area contributed by atoms with Crippen molar-refractivity contribution in [2.75, 3.05) is 6.54 Å². The van der Waals surface area contributed by atoms with Crippen LogP contribution in [0.1, 0.15) is 43.2 Å². The van der Waals surface area contributed by atoms with Crippen LogP contribution in [0.15, 0.2) is 42.6 Å². The molecule has 6 heteroatoms. The summed E-state index contributed by atoms with van der Waals surface area (Å²) in [5.41, 5.74) is 2.29. The van der Waals surface area contributed by atoms with E-state index in [9.17, 15) is 0 Å². The van der Waals surface area contributed by atoms with Crippen LogP contribution in [-0.2, 0) is 19.6 Å². The fourth-order valence-corrected chi connectivity index (χ4v) is 4.21. The molecule has 1 aromatic carbocycles. The molecule has 0 amide bonds. The van der Waals surface area contributed by atoms with Crippen LogP contribution >= 0.6 is 0 Å². The van der Waals surface area contributed by atoms with Crippen LogP contribution in [-0.4, -0.2) is 36.0 Å². The Hall–Kier alpha value is -2.47. The summed E-state index contributed by atoms with van der Waals surface area (Å²) in [6, 6.07) is 13.1. The average molecular weight is 348 g/mol. The molecular weight excluding hydrogens is 324 g/mol. The second-order valence-electron chi connectivity index (χ2n) is 7.39. The van der Waals surface area contributed by atoms with Crippen LogP contribution in [0.3, 0.4) is 0 Å². The monoisotopic (exact) mass is 348 g/mol. The molecule has 0 saturated heterocycles.